The maximum absolute atomic E-state index is 11.0. The van der Waals surface area contributed by atoms with E-state index >= 15 is 0 Å². The molecule has 0 aromatic rings. The van der Waals surface area contributed by atoms with Crippen LogP contribution in [0.3, 0.4) is 0 Å². The lowest BCUT2D eigenvalue weighted by Gasteiger charge is -2.36. The van der Waals surface area contributed by atoms with E-state index in [2.05, 4.69) is 11.9 Å². The van der Waals surface area contributed by atoms with Crippen molar-refractivity contribution in [1.29, 1.82) is 0 Å². The van der Waals surface area contributed by atoms with Gasteiger partial charge >= 0.3 is 5.97 Å². The first-order valence-electron chi connectivity index (χ1n) is 5.37. The van der Waals surface area contributed by atoms with Gasteiger partial charge in [-0.1, -0.05) is 6.42 Å². The van der Waals surface area contributed by atoms with Crippen LogP contribution in [0.2, 0.25) is 0 Å². The number of carboxylic acid groups (broad SMARTS) is 1. The zero-order chi connectivity index (χ0) is 10.8. The van der Waals surface area contributed by atoms with Crippen LogP contribution >= 0.6 is 0 Å². The van der Waals surface area contributed by atoms with Gasteiger partial charge < -0.3 is 10.0 Å². The van der Waals surface area contributed by atoms with Gasteiger partial charge in [0.05, 0.1) is 5.41 Å². The SMILES string of the molecule is CN1CCCCC1CC(C)(C)C(=O)O. The predicted molar refractivity (Wildman–Crippen MR) is 56.3 cm³/mol. The molecule has 14 heavy (non-hydrogen) atoms. The second kappa shape index (κ2) is 4.30. The summed E-state index contributed by atoms with van der Waals surface area (Å²) in [6.45, 7) is 4.75. The van der Waals surface area contributed by atoms with Crippen molar-refractivity contribution in [2.75, 3.05) is 13.6 Å². The first-order chi connectivity index (χ1) is 6.43. The third kappa shape index (κ3) is 2.71. The highest BCUT2D eigenvalue weighted by molar-refractivity contribution is 5.73. The number of carboxylic acids is 1. The van der Waals surface area contributed by atoms with E-state index in [1.807, 2.05) is 13.8 Å². The lowest BCUT2D eigenvalue weighted by molar-refractivity contribution is -0.148. The maximum Gasteiger partial charge on any atom is 0.309 e. The zero-order valence-electron chi connectivity index (χ0n) is 9.42. The van der Waals surface area contributed by atoms with Gasteiger partial charge in [-0.05, 0) is 46.7 Å². The molecule has 1 saturated heterocycles. The van der Waals surface area contributed by atoms with Crippen LogP contribution in [0, 0.1) is 5.41 Å². The molecule has 0 aromatic heterocycles. The molecule has 0 aromatic carbocycles. The van der Waals surface area contributed by atoms with Crippen molar-refractivity contribution in [2.24, 2.45) is 5.41 Å². The zero-order valence-corrected chi connectivity index (χ0v) is 9.42. The molecule has 1 atom stereocenters. The molecule has 1 unspecified atom stereocenters. The van der Waals surface area contributed by atoms with E-state index in [1.54, 1.807) is 0 Å². The number of hydrogen-bond acceptors (Lipinski definition) is 2. The molecular weight excluding hydrogens is 178 g/mol. The van der Waals surface area contributed by atoms with Crippen LogP contribution in [0.25, 0.3) is 0 Å². The molecule has 82 valence electrons. The van der Waals surface area contributed by atoms with Gasteiger partial charge in [0, 0.05) is 6.04 Å². The normalized spacial score (nSPS) is 24.9. The fourth-order valence-electron chi connectivity index (χ4n) is 2.08. The summed E-state index contributed by atoms with van der Waals surface area (Å²) in [7, 11) is 2.10. The largest absolute Gasteiger partial charge is 0.481 e. The molecule has 0 amide bonds. The Morgan fingerprint density at radius 3 is 2.64 bits per heavy atom. The molecule has 3 nitrogen and oxygen atoms in total. The van der Waals surface area contributed by atoms with Crippen molar-refractivity contribution < 1.29 is 9.90 Å². The standard InChI is InChI=1S/C11H21NO2/c1-11(2,10(13)14)8-9-6-4-5-7-12(9)3/h9H,4-8H2,1-3H3,(H,13,14). The van der Waals surface area contributed by atoms with Crippen LogP contribution in [-0.2, 0) is 4.79 Å². The fourth-order valence-corrected chi connectivity index (χ4v) is 2.08. The van der Waals surface area contributed by atoms with Gasteiger partial charge in [-0.25, -0.2) is 0 Å². The van der Waals surface area contributed by atoms with Crippen LogP contribution in [0.1, 0.15) is 39.5 Å². The second-order valence-electron chi connectivity index (χ2n) is 5.02. The molecule has 0 aliphatic carbocycles. The summed E-state index contributed by atoms with van der Waals surface area (Å²) in [5.41, 5.74) is -0.587. The van der Waals surface area contributed by atoms with Gasteiger partial charge in [-0.3, -0.25) is 4.79 Å². The van der Waals surface area contributed by atoms with Gasteiger partial charge in [0.15, 0.2) is 0 Å². The lowest BCUT2D eigenvalue weighted by Crippen LogP contribution is -2.41. The Morgan fingerprint density at radius 1 is 1.50 bits per heavy atom. The fraction of sp³-hybridized carbons (Fsp3) is 0.909. The van der Waals surface area contributed by atoms with E-state index in [0.29, 0.717) is 6.04 Å². The van der Waals surface area contributed by atoms with Crippen LogP contribution in [0.4, 0.5) is 0 Å². The van der Waals surface area contributed by atoms with Crippen LogP contribution in [-0.4, -0.2) is 35.6 Å². The average Bonchev–Trinajstić information content (AvgIpc) is 2.08. The van der Waals surface area contributed by atoms with E-state index in [1.165, 1.54) is 12.8 Å². The average molecular weight is 199 g/mol. The van der Waals surface area contributed by atoms with Gasteiger partial charge in [-0.2, -0.15) is 0 Å². The summed E-state index contributed by atoms with van der Waals surface area (Å²) in [5, 5.41) is 9.04. The molecule has 3 heteroatoms. The summed E-state index contributed by atoms with van der Waals surface area (Å²) in [6.07, 6.45) is 4.40. The Kier molecular flexibility index (Phi) is 3.53. The van der Waals surface area contributed by atoms with E-state index < -0.39 is 11.4 Å². The van der Waals surface area contributed by atoms with Crippen LogP contribution in [0.15, 0.2) is 0 Å². The molecule has 0 radical (unpaired) electrons. The minimum absolute atomic E-state index is 0.454. The Labute approximate surface area is 86.1 Å². The highest BCUT2D eigenvalue weighted by Crippen LogP contribution is 2.29. The molecule has 1 aliphatic rings. The lowest BCUT2D eigenvalue weighted by atomic mass is 9.83. The summed E-state index contributed by atoms with van der Waals surface area (Å²) in [5.74, 6) is -0.684. The summed E-state index contributed by atoms with van der Waals surface area (Å²) < 4.78 is 0. The van der Waals surface area contributed by atoms with Gasteiger partial charge in [0.1, 0.15) is 0 Å². The van der Waals surface area contributed by atoms with E-state index in [-0.39, 0.29) is 0 Å². The highest BCUT2D eigenvalue weighted by Gasteiger charge is 2.32. The molecular formula is C11H21NO2. The van der Waals surface area contributed by atoms with Crippen molar-refractivity contribution in [3.05, 3.63) is 0 Å². The molecule has 0 bridgehead atoms. The Hall–Kier alpha value is -0.570. The third-order valence-electron chi connectivity index (χ3n) is 3.25. The number of carbonyl (C=O) groups is 1. The monoisotopic (exact) mass is 199 g/mol. The highest BCUT2D eigenvalue weighted by atomic mass is 16.4. The van der Waals surface area contributed by atoms with Crippen molar-refractivity contribution in [3.63, 3.8) is 0 Å². The first-order valence-corrected chi connectivity index (χ1v) is 5.37. The number of nitrogens with zero attached hydrogens (tertiary/aromatic N) is 1. The molecule has 1 aliphatic heterocycles. The van der Waals surface area contributed by atoms with Crippen LogP contribution < -0.4 is 0 Å². The molecule has 0 spiro atoms. The minimum Gasteiger partial charge on any atom is -0.481 e. The molecule has 1 fully saturated rings. The van der Waals surface area contributed by atoms with Crippen LogP contribution in [0.5, 0.6) is 0 Å². The Bertz CT molecular complexity index is 213. The second-order valence-corrected chi connectivity index (χ2v) is 5.02. The molecule has 0 saturated carbocycles. The maximum atomic E-state index is 11.0. The first kappa shape index (κ1) is 11.5. The van der Waals surface area contributed by atoms with Crippen molar-refractivity contribution in [2.45, 2.75) is 45.6 Å². The van der Waals surface area contributed by atoms with Crippen molar-refractivity contribution >= 4 is 5.97 Å². The Morgan fingerprint density at radius 2 is 2.14 bits per heavy atom. The predicted octanol–water partition coefficient (Wildman–Crippen LogP) is 1.97. The number of likely N-dealkylation sites (tertiary alicyclic amines) is 1. The molecule has 1 heterocycles. The number of rotatable bonds is 3. The van der Waals surface area contributed by atoms with Gasteiger partial charge in [0.2, 0.25) is 0 Å². The van der Waals surface area contributed by atoms with Gasteiger partial charge in [-0.15, -0.1) is 0 Å². The van der Waals surface area contributed by atoms with Crippen molar-refractivity contribution in [3.8, 4) is 0 Å². The minimum atomic E-state index is -0.684. The summed E-state index contributed by atoms with van der Waals surface area (Å²) >= 11 is 0. The van der Waals surface area contributed by atoms with E-state index in [4.69, 9.17) is 5.11 Å². The summed E-state index contributed by atoms with van der Waals surface area (Å²) in [4.78, 5) is 13.3. The van der Waals surface area contributed by atoms with E-state index in [9.17, 15) is 4.79 Å². The molecule has 1 N–H and O–H groups in total. The third-order valence-corrected chi connectivity index (χ3v) is 3.25. The van der Waals surface area contributed by atoms with Gasteiger partial charge in [0.25, 0.3) is 0 Å². The number of aliphatic carboxylic acids is 1. The Balaban J connectivity index is 2.53. The number of piperidine rings is 1. The topological polar surface area (TPSA) is 40.5 Å². The smallest absolute Gasteiger partial charge is 0.309 e. The summed E-state index contributed by atoms with van der Waals surface area (Å²) in [6, 6.07) is 0.454. The van der Waals surface area contributed by atoms with Crippen molar-refractivity contribution in [1.82, 2.24) is 4.90 Å². The molecule has 1 rings (SSSR count). The quantitative estimate of drug-likeness (QED) is 0.755. The number of hydrogen-bond donors (Lipinski definition) is 1. The van der Waals surface area contributed by atoms with E-state index in [0.717, 1.165) is 19.4 Å².